The molecule has 2 amide bonds. The number of nitrogens with zero attached hydrogens (tertiary/aromatic N) is 2. The Balaban J connectivity index is 2.22. The van der Waals surface area contributed by atoms with Crippen molar-refractivity contribution in [2.24, 2.45) is 0 Å². The van der Waals surface area contributed by atoms with Crippen LogP contribution in [0.3, 0.4) is 0 Å². The Kier molecular flexibility index (Phi) is 4.79. The highest BCUT2D eigenvalue weighted by Gasteiger charge is 2.18. The van der Waals surface area contributed by atoms with Gasteiger partial charge in [0, 0.05) is 30.7 Å². The third-order valence-corrected chi connectivity index (χ3v) is 3.18. The minimum absolute atomic E-state index is 0.214. The maximum absolute atomic E-state index is 12.6. The fourth-order valence-electron chi connectivity index (χ4n) is 2.06. The van der Waals surface area contributed by atoms with Crippen molar-refractivity contribution in [2.45, 2.75) is 26.3 Å². The molecule has 5 heteroatoms. The number of carbonyl (C=O) groups is 2. The van der Waals surface area contributed by atoms with Crippen molar-refractivity contribution in [1.82, 2.24) is 10.3 Å². The molecule has 0 bridgehead atoms. The average molecular weight is 311 g/mol. The zero-order valence-electron chi connectivity index (χ0n) is 13.8. The smallest absolute Gasteiger partial charge is 0.259 e. The number of aromatic nitrogens is 1. The molecule has 0 fully saturated rings. The summed E-state index contributed by atoms with van der Waals surface area (Å²) in [4.78, 5) is 30.3. The van der Waals surface area contributed by atoms with Crippen LogP contribution in [-0.4, -0.2) is 29.4 Å². The Bertz CT molecular complexity index is 706. The molecule has 120 valence electrons. The van der Waals surface area contributed by atoms with Crippen molar-refractivity contribution < 1.29 is 9.59 Å². The normalized spacial score (nSPS) is 11.0. The van der Waals surface area contributed by atoms with E-state index < -0.39 is 0 Å². The van der Waals surface area contributed by atoms with Crippen LogP contribution < -0.4 is 10.2 Å². The predicted molar refractivity (Wildman–Crippen MR) is 90.6 cm³/mol. The van der Waals surface area contributed by atoms with E-state index in [9.17, 15) is 9.59 Å². The van der Waals surface area contributed by atoms with Crippen LogP contribution in [0.4, 0.5) is 5.69 Å². The Morgan fingerprint density at radius 1 is 1.04 bits per heavy atom. The summed E-state index contributed by atoms with van der Waals surface area (Å²) in [5.41, 5.74) is 1.17. The lowest BCUT2D eigenvalue weighted by atomic mass is 10.1. The monoisotopic (exact) mass is 311 g/mol. The minimum atomic E-state index is -0.349. The van der Waals surface area contributed by atoms with Crippen LogP contribution in [0.2, 0.25) is 0 Å². The van der Waals surface area contributed by atoms with E-state index in [1.54, 1.807) is 13.1 Å². The molecule has 1 N–H and O–H groups in total. The quantitative estimate of drug-likeness (QED) is 0.948. The average Bonchev–Trinajstić information content (AvgIpc) is 2.53. The molecule has 0 aliphatic carbocycles. The Hall–Kier alpha value is -2.69. The SMILES string of the molecule is CN(C(=O)c1cncc(C(=O)NC(C)(C)C)c1)c1ccccc1. The standard InChI is InChI=1S/C18H21N3O2/c1-18(2,3)20-16(22)13-10-14(12-19-11-13)17(23)21(4)15-8-6-5-7-9-15/h5-12H,1-4H3,(H,20,22). The Morgan fingerprint density at radius 2 is 1.65 bits per heavy atom. The fourth-order valence-corrected chi connectivity index (χ4v) is 2.06. The number of hydrogen-bond acceptors (Lipinski definition) is 3. The van der Waals surface area contributed by atoms with Gasteiger partial charge in [0.1, 0.15) is 0 Å². The van der Waals surface area contributed by atoms with Crippen molar-refractivity contribution in [2.75, 3.05) is 11.9 Å². The third kappa shape index (κ3) is 4.39. The van der Waals surface area contributed by atoms with E-state index in [1.807, 2.05) is 51.1 Å². The number of para-hydroxylation sites is 1. The van der Waals surface area contributed by atoms with E-state index in [-0.39, 0.29) is 17.4 Å². The molecule has 1 aromatic heterocycles. The van der Waals surface area contributed by atoms with Crippen LogP contribution in [0.25, 0.3) is 0 Å². The first-order valence-corrected chi connectivity index (χ1v) is 7.38. The molecule has 1 heterocycles. The van der Waals surface area contributed by atoms with Gasteiger partial charge in [0.25, 0.3) is 11.8 Å². The molecule has 0 aliphatic heterocycles. The Labute approximate surface area is 136 Å². The van der Waals surface area contributed by atoms with Gasteiger partial charge < -0.3 is 10.2 Å². The number of amides is 2. The van der Waals surface area contributed by atoms with Crippen molar-refractivity contribution in [1.29, 1.82) is 0 Å². The number of hydrogen-bond donors (Lipinski definition) is 1. The van der Waals surface area contributed by atoms with Gasteiger partial charge in [-0.2, -0.15) is 0 Å². The van der Waals surface area contributed by atoms with Crippen molar-refractivity contribution in [3.63, 3.8) is 0 Å². The van der Waals surface area contributed by atoms with E-state index in [1.165, 1.54) is 17.3 Å². The van der Waals surface area contributed by atoms with E-state index >= 15 is 0 Å². The van der Waals surface area contributed by atoms with Gasteiger partial charge in [-0.3, -0.25) is 14.6 Å². The molecule has 0 aliphatic rings. The van der Waals surface area contributed by atoms with Gasteiger partial charge >= 0.3 is 0 Å². The molecule has 2 aromatic rings. The van der Waals surface area contributed by atoms with Crippen LogP contribution >= 0.6 is 0 Å². The second-order valence-corrected chi connectivity index (χ2v) is 6.37. The number of carbonyl (C=O) groups excluding carboxylic acids is 2. The first-order chi connectivity index (χ1) is 10.8. The lowest BCUT2D eigenvalue weighted by Gasteiger charge is -2.21. The van der Waals surface area contributed by atoms with Crippen molar-refractivity contribution in [3.05, 3.63) is 59.9 Å². The largest absolute Gasteiger partial charge is 0.347 e. The molecule has 0 atom stereocenters. The first-order valence-electron chi connectivity index (χ1n) is 7.38. The summed E-state index contributed by atoms with van der Waals surface area (Å²) in [6, 6.07) is 10.9. The summed E-state index contributed by atoms with van der Waals surface area (Å²) in [6.07, 6.45) is 2.93. The van der Waals surface area contributed by atoms with Crippen LogP contribution in [0, 0.1) is 0 Å². The van der Waals surface area contributed by atoms with Gasteiger partial charge in [-0.1, -0.05) is 18.2 Å². The molecular formula is C18H21N3O2. The highest BCUT2D eigenvalue weighted by molar-refractivity contribution is 6.07. The predicted octanol–water partition coefficient (Wildman–Crippen LogP) is 2.89. The van der Waals surface area contributed by atoms with Gasteiger partial charge in [-0.05, 0) is 39.0 Å². The number of nitrogens with one attached hydrogen (secondary N) is 1. The van der Waals surface area contributed by atoms with Gasteiger partial charge in [0.05, 0.1) is 11.1 Å². The molecule has 23 heavy (non-hydrogen) atoms. The van der Waals surface area contributed by atoms with Crippen LogP contribution in [0.15, 0.2) is 48.8 Å². The molecule has 0 radical (unpaired) electrons. The number of pyridine rings is 1. The summed E-state index contributed by atoms with van der Waals surface area (Å²) in [7, 11) is 1.69. The summed E-state index contributed by atoms with van der Waals surface area (Å²) in [5.74, 6) is -0.462. The molecule has 2 rings (SSSR count). The van der Waals surface area contributed by atoms with Crippen molar-refractivity contribution >= 4 is 17.5 Å². The van der Waals surface area contributed by atoms with Crippen LogP contribution in [0.1, 0.15) is 41.5 Å². The maximum Gasteiger partial charge on any atom is 0.259 e. The summed E-state index contributed by atoms with van der Waals surface area (Å²) in [6.45, 7) is 5.70. The van der Waals surface area contributed by atoms with Crippen LogP contribution in [-0.2, 0) is 0 Å². The topological polar surface area (TPSA) is 62.3 Å². The molecule has 5 nitrogen and oxygen atoms in total. The third-order valence-electron chi connectivity index (χ3n) is 3.18. The summed E-state index contributed by atoms with van der Waals surface area (Å²) in [5, 5.41) is 2.86. The summed E-state index contributed by atoms with van der Waals surface area (Å²) < 4.78 is 0. The van der Waals surface area contributed by atoms with Gasteiger partial charge in [-0.25, -0.2) is 0 Å². The number of benzene rings is 1. The lowest BCUT2D eigenvalue weighted by Crippen LogP contribution is -2.40. The van der Waals surface area contributed by atoms with Crippen molar-refractivity contribution in [3.8, 4) is 0 Å². The van der Waals surface area contributed by atoms with Crippen LogP contribution in [0.5, 0.6) is 0 Å². The van der Waals surface area contributed by atoms with E-state index in [4.69, 9.17) is 0 Å². The van der Waals surface area contributed by atoms with Gasteiger partial charge in [-0.15, -0.1) is 0 Å². The first kappa shape index (κ1) is 16.7. The molecular weight excluding hydrogens is 290 g/mol. The zero-order valence-corrected chi connectivity index (χ0v) is 13.8. The van der Waals surface area contributed by atoms with E-state index in [0.29, 0.717) is 11.1 Å². The van der Waals surface area contributed by atoms with Gasteiger partial charge in [0.2, 0.25) is 0 Å². The molecule has 0 saturated carbocycles. The minimum Gasteiger partial charge on any atom is -0.347 e. The number of rotatable bonds is 3. The second-order valence-electron chi connectivity index (χ2n) is 6.37. The Morgan fingerprint density at radius 3 is 2.26 bits per heavy atom. The highest BCUT2D eigenvalue weighted by Crippen LogP contribution is 2.15. The summed E-state index contributed by atoms with van der Waals surface area (Å²) >= 11 is 0. The fraction of sp³-hybridized carbons (Fsp3) is 0.278. The van der Waals surface area contributed by atoms with E-state index in [0.717, 1.165) is 5.69 Å². The second kappa shape index (κ2) is 6.60. The lowest BCUT2D eigenvalue weighted by molar-refractivity contribution is 0.0919. The molecule has 1 aromatic carbocycles. The zero-order chi connectivity index (χ0) is 17.0. The molecule has 0 spiro atoms. The molecule has 0 unspecified atom stereocenters. The highest BCUT2D eigenvalue weighted by atomic mass is 16.2. The molecule has 0 saturated heterocycles. The van der Waals surface area contributed by atoms with Gasteiger partial charge in [0.15, 0.2) is 0 Å². The van der Waals surface area contributed by atoms with E-state index in [2.05, 4.69) is 10.3 Å². The maximum atomic E-state index is 12.6. The number of anilines is 1.